The first-order valence-electron chi connectivity index (χ1n) is 11.5. The van der Waals surface area contributed by atoms with Crippen LogP contribution in [0.5, 0.6) is 0 Å². The van der Waals surface area contributed by atoms with Crippen LogP contribution in [0.25, 0.3) is 0 Å². The Kier molecular flexibility index (Phi) is 15.7. The molecule has 0 radical (unpaired) electrons. The van der Waals surface area contributed by atoms with E-state index in [4.69, 9.17) is 5.73 Å². The maximum Gasteiger partial charge on any atom is 0.100 e. The number of hydrogen-bond donors (Lipinski definition) is 1. The number of allylic oxidation sites excluding steroid dienone is 2. The quantitative estimate of drug-likeness (QED) is 0.236. The van der Waals surface area contributed by atoms with Gasteiger partial charge in [-0.3, -0.25) is 4.99 Å². The Morgan fingerprint density at radius 3 is 2.04 bits per heavy atom. The van der Waals surface area contributed by atoms with Crippen molar-refractivity contribution in [2.75, 3.05) is 26.2 Å². The largest absolute Gasteiger partial charge is 0.358 e. The fourth-order valence-electron chi connectivity index (χ4n) is 3.69. The monoisotopic (exact) mass is 363 g/mol. The molecule has 0 saturated heterocycles. The molecule has 0 fully saturated rings. The number of rotatable bonds is 18. The Morgan fingerprint density at radius 2 is 1.42 bits per heavy atom. The van der Waals surface area contributed by atoms with Gasteiger partial charge in [0.15, 0.2) is 0 Å². The van der Waals surface area contributed by atoms with Gasteiger partial charge < -0.3 is 10.6 Å². The van der Waals surface area contributed by atoms with Gasteiger partial charge >= 0.3 is 0 Å². The standard InChI is InChI=1S/C23H45N3/c1-2-3-4-5-6-7-8-9-10-11-12-13-14-15-16-17-21-26-22-20-25-23(26)18-19-24/h9-10H,2-8,11-22,24H2,1H3/b10-9-. The van der Waals surface area contributed by atoms with E-state index >= 15 is 0 Å². The zero-order valence-corrected chi connectivity index (χ0v) is 17.6. The van der Waals surface area contributed by atoms with Crippen LogP contribution < -0.4 is 5.73 Å². The fourth-order valence-corrected chi connectivity index (χ4v) is 3.69. The van der Waals surface area contributed by atoms with Crippen LogP contribution in [0.2, 0.25) is 0 Å². The van der Waals surface area contributed by atoms with E-state index in [1.807, 2.05) is 0 Å². The molecule has 0 aromatic rings. The van der Waals surface area contributed by atoms with E-state index in [9.17, 15) is 0 Å². The second-order valence-electron chi connectivity index (χ2n) is 7.76. The molecule has 0 unspecified atom stereocenters. The van der Waals surface area contributed by atoms with Gasteiger partial charge in [0.25, 0.3) is 0 Å². The molecule has 152 valence electrons. The van der Waals surface area contributed by atoms with Crippen LogP contribution in [-0.4, -0.2) is 36.9 Å². The van der Waals surface area contributed by atoms with E-state index in [1.54, 1.807) is 0 Å². The SMILES string of the molecule is CCCCCCCC/C=C\CCCCCCCCN1CCN=C1CCN. The molecule has 3 nitrogen and oxygen atoms in total. The number of hydrogen-bond acceptors (Lipinski definition) is 3. The molecule has 0 atom stereocenters. The molecule has 2 N–H and O–H groups in total. The zero-order valence-electron chi connectivity index (χ0n) is 17.6. The van der Waals surface area contributed by atoms with Gasteiger partial charge in [-0.25, -0.2) is 0 Å². The maximum absolute atomic E-state index is 5.65. The molecule has 0 aromatic heterocycles. The number of unbranched alkanes of at least 4 members (excludes halogenated alkanes) is 12. The second kappa shape index (κ2) is 17.6. The van der Waals surface area contributed by atoms with Crippen molar-refractivity contribution in [1.82, 2.24) is 4.90 Å². The van der Waals surface area contributed by atoms with Crippen LogP contribution in [0, 0.1) is 0 Å². The van der Waals surface area contributed by atoms with E-state index in [1.165, 1.54) is 102 Å². The molecule has 1 aliphatic rings. The molecule has 0 aliphatic carbocycles. The predicted octanol–water partition coefficient (Wildman–Crippen LogP) is 6.09. The Bertz CT molecular complexity index is 362. The minimum absolute atomic E-state index is 0.725. The average molecular weight is 364 g/mol. The summed E-state index contributed by atoms with van der Waals surface area (Å²) in [7, 11) is 0. The summed E-state index contributed by atoms with van der Waals surface area (Å²) < 4.78 is 0. The highest BCUT2D eigenvalue weighted by atomic mass is 15.2. The van der Waals surface area contributed by atoms with Gasteiger partial charge in [-0.15, -0.1) is 0 Å². The molecule has 0 spiro atoms. The molecule has 0 bridgehead atoms. The lowest BCUT2D eigenvalue weighted by atomic mass is 10.1. The number of nitrogens with two attached hydrogens (primary N) is 1. The summed E-state index contributed by atoms with van der Waals surface area (Å²) in [5, 5.41) is 0. The molecule has 26 heavy (non-hydrogen) atoms. The lowest BCUT2D eigenvalue weighted by Crippen LogP contribution is -2.30. The van der Waals surface area contributed by atoms with E-state index in [0.717, 1.165) is 26.1 Å². The molecule has 1 rings (SSSR count). The third-order valence-corrected chi connectivity index (χ3v) is 5.34. The zero-order chi connectivity index (χ0) is 18.7. The summed E-state index contributed by atoms with van der Waals surface area (Å²) in [6.45, 7) is 6.27. The van der Waals surface area contributed by atoms with Gasteiger partial charge in [-0.1, -0.05) is 76.9 Å². The first-order chi connectivity index (χ1) is 12.9. The molecule has 0 aromatic carbocycles. The molecule has 1 heterocycles. The maximum atomic E-state index is 5.65. The van der Waals surface area contributed by atoms with E-state index < -0.39 is 0 Å². The minimum Gasteiger partial charge on any atom is -0.358 e. The summed E-state index contributed by atoms with van der Waals surface area (Å²) in [5.41, 5.74) is 5.65. The van der Waals surface area contributed by atoms with Gasteiger partial charge in [-0.2, -0.15) is 0 Å². The van der Waals surface area contributed by atoms with Crippen molar-refractivity contribution in [2.45, 2.75) is 103 Å². The third-order valence-electron chi connectivity index (χ3n) is 5.34. The van der Waals surface area contributed by atoms with Crippen LogP contribution in [0.4, 0.5) is 0 Å². The lowest BCUT2D eigenvalue weighted by Gasteiger charge is -2.19. The van der Waals surface area contributed by atoms with Crippen molar-refractivity contribution < 1.29 is 0 Å². The normalized spacial score (nSPS) is 14.5. The smallest absolute Gasteiger partial charge is 0.100 e. The molecule has 0 amide bonds. The van der Waals surface area contributed by atoms with Gasteiger partial charge in [0.2, 0.25) is 0 Å². The Balaban J connectivity index is 1.79. The average Bonchev–Trinajstić information content (AvgIpc) is 3.09. The first kappa shape index (κ1) is 23.2. The van der Waals surface area contributed by atoms with E-state index in [-0.39, 0.29) is 0 Å². The predicted molar refractivity (Wildman–Crippen MR) is 117 cm³/mol. The van der Waals surface area contributed by atoms with Crippen LogP contribution in [0.15, 0.2) is 17.1 Å². The van der Waals surface area contributed by atoms with Crippen molar-refractivity contribution >= 4 is 5.84 Å². The molecule has 0 saturated carbocycles. The minimum atomic E-state index is 0.725. The Morgan fingerprint density at radius 1 is 0.846 bits per heavy atom. The number of aliphatic imine (C=N–C) groups is 1. The van der Waals surface area contributed by atoms with Crippen LogP contribution in [-0.2, 0) is 0 Å². The number of nitrogens with zero attached hydrogens (tertiary/aromatic N) is 2. The van der Waals surface area contributed by atoms with Gasteiger partial charge in [0.1, 0.15) is 5.84 Å². The van der Waals surface area contributed by atoms with Crippen molar-refractivity contribution in [3.05, 3.63) is 12.2 Å². The summed E-state index contributed by atoms with van der Waals surface area (Å²) >= 11 is 0. The van der Waals surface area contributed by atoms with Gasteiger partial charge in [0.05, 0.1) is 6.54 Å². The van der Waals surface area contributed by atoms with Crippen molar-refractivity contribution in [1.29, 1.82) is 0 Å². The number of amidine groups is 1. The molecular weight excluding hydrogens is 318 g/mol. The van der Waals surface area contributed by atoms with Crippen molar-refractivity contribution in [3.63, 3.8) is 0 Å². The third kappa shape index (κ3) is 12.5. The second-order valence-corrected chi connectivity index (χ2v) is 7.76. The van der Waals surface area contributed by atoms with Crippen LogP contribution in [0.3, 0.4) is 0 Å². The summed E-state index contributed by atoms with van der Waals surface area (Å²) in [6.07, 6.45) is 25.0. The van der Waals surface area contributed by atoms with E-state index in [0.29, 0.717) is 0 Å². The van der Waals surface area contributed by atoms with Crippen LogP contribution >= 0.6 is 0 Å². The molecule has 1 aliphatic heterocycles. The van der Waals surface area contributed by atoms with Crippen molar-refractivity contribution in [3.8, 4) is 0 Å². The summed E-state index contributed by atoms with van der Waals surface area (Å²) in [5.74, 6) is 1.25. The topological polar surface area (TPSA) is 41.6 Å². The summed E-state index contributed by atoms with van der Waals surface area (Å²) in [4.78, 5) is 7.00. The van der Waals surface area contributed by atoms with Gasteiger partial charge in [-0.05, 0) is 38.6 Å². The lowest BCUT2D eigenvalue weighted by molar-refractivity contribution is 0.424. The first-order valence-corrected chi connectivity index (χ1v) is 11.5. The highest BCUT2D eigenvalue weighted by molar-refractivity contribution is 5.83. The highest BCUT2D eigenvalue weighted by Gasteiger charge is 2.14. The summed E-state index contributed by atoms with van der Waals surface area (Å²) in [6, 6.07) is 0. The Labute approximate surface area is 163 Å². The van der Waals surface area contributed by atoms with Crippen molar-refractivity contribution in [2.24, 2.45) is 10.7 Å². The fraction of sp³-hybridized carbons (Fsp3) is 0.870. The molecular formula is C23H45N3. The highest BCUT2D eigenvalue weighted by Crippen LogP contribution is 2.11. The van der Waals surface area contributed by atoms with Crippen LogP contribution in [0.1, 0.15) is 103 Å². The molecule has 3 heteroatoms. The van der Waals surface area contributed by atoms with E-state index in [2.05, 4.69) is 29.0 Å². The Hall–Kier alpha value is -0.830. The van der Waals surface area contributed by atoms with Gasteiger partial charge in [0, 0.05) is 19.5 Å².